The maximum absolute atomic E-state index is 12.7. The van der Waals surface area contributed by atoms with Crippen molar-refractivity contribution in [1.82, 2.24) is 5.32 Å². The van der Waals surface area contributed by atoms with Crippen molar-refractivity contribution in [1.29, 1.82) is 0 Å². The molecule has 0 atom stereocenters. The number of thiophene rings is 1. The highest BCUT2D eigenvalue weighted by atomic mass is 35.5. The van der Waals surface area contributed by atoms with Crippen molar-refractivity contribution in [2.24, 2.45) is 5.73 Å². The topological polar surface area (TPSA) is 55.1 Å². The molecule has 3 N–H and O–H groups in total. The highest BCUT2D eigenvalue weighted by Crippen LogP contribution is 2.11. The van der Waals surface area contributed by atoms with Crippen molar-refractivity contribution >= 4 is 29.7 Å². The Labute approximate surface area is 109 Å². The van der Waals surface area contributed by atoms with Gasteiger partial charge >= 0.3 is 0 Å². The standard InChI is InChI=1S/C10H14F2N2OS.ClH/c11-10(12,6-13)7-14-9(15)4-3-8-2-1-5-16-8;/h1-2,5H,3-4,6-7,13H2,(H,14,15);1H. The second kappa shape index (κ2) is 7.58. The molecule has 0 unspecified atom stereocenters. The molecular formula is C10H15ClF2N2OS. The lowest BCUT2D eigenvalue weighted by molar-refractivity contribution is -0.122. The molecule has 0 fully saturated rings. The van der Waals surface area contributed by atoms with Gasteiger partial charge in [0.05, 0.1) is 13.1 Å². The molecule has 0 radical (unpaired) electrons. The van der Waals surface area contributed by atoms with E-state index in [-0.39, 0.29) is 24.7 Å². The molecule has 0 bridgehead atoms. The Balaban J connectivity index is 0.00000256. The molecule has 7 heteroatoms. The van der Waals surface area contributed by atoms with Crippen LogP contribution in [0, 0.1) is 0 Å². The van der Waals surface area contributed by atoms with Gasteiger partial charge in [-0.1, -0.05) is 6.07 Å². The van der Waals surface area contributed by atoms with Crippen LogP contribution in [0.3, 0.4) is 0 Å². The Bertz CT molecular complexity index is 333. The summed E-state index contributed by atoms with van der Waals surface area (Å²) in [6, 6.07) is 3.80. The molecule has 3 nitrogen and oxygen atoms in total. The lowest BCUT2D eigenvalue weighted by Gasteiger charge is -2.14. The van der Waals surface area contributed by atoms with E-state index in [2.05, 4.69) is 5.32 Å². The minimum atomic E-state index is -3.02. The van der Waals surface area contributed by atoms with Crippen LogP contribution in [0.2, 0.25) is 0 Å². The largest absolute Gasteiger partial charge is 0.350 e. The lowest BCUT2D eigenvalue weighted by Crippen LogP contribution is -2.41. The predicted molar refractivity (Wildman–Crippen MR) is 66.9 cm³/mol. The molecule has 0 saturated carbocycles. The molecule has 0 spiro atoms. The number of hydrogen-bond acceptors (Lipinski definition) is 3. The zero-order valence-electron chi connectivity index (χ0n) is 9.12. The predicted octanol–water partition coefficient (Wildman–Crippen LogP) is 1.81. The summed E-state index contributed by atoms with van der Waals surface area (Å²) >= 11 is 1.54. The van der Waals surface area contributed by atoms with Crippen LogP contribution in [-0.2, 0) is 11.2 Å². The van der Waals surface area contributed by atoms with E-state index >= 15 is 0 Å². The maximum atomic E-state index is 12.7. The molecule has 98 valence electrons. The Hall–Kier alpha value is -0.720. The summed E-state index contributed by atoms with van der Waals surface area (Å²) in [5.41, 5.74) is 4.84. The molecule has 1 rings (SSSR count). The number of nitrogens with one attached hydrogen (secondary N) is 1. The van der Waals surface area contributed by atoms with Gasteiger partial charge in [0.2, 0.25) is 5.91 Å². The molecular weight excluding hydrogens is 270 g/mol. The fourth-order valence-corrected chi connectivity index (χ4v) is 1.79. The average Bonchev–Trinajstić information content (AvgIpc) is 2.76. The molecule has 17 heavy (non-hydrogen) atoms. The molecule has 0 aromatic carbocycles. The molecule has 1 aromatic rings. The monoisotopic (exact) mass is 284 g/mol. The Morgan fingerprint density at radius 3 is 2.76 bits per heavy atom. The van der Waals surface area contributed by atoms with Gasteiger partial charge < -0.3 is 11.1 Å². The Kier molecular flexibility index (Phi) is 7.26. The molecule has 0 aliphatic rings. The van der Waals surface area contributed by atoms with Gasteiger partial charge in [-0.05, 0) is 17.9 Å². The van der Waals surface area contributed by atoms with Gasteiger partial charge in [-0.15, -0.1) is 23.7 Å². The highest BCUT2D eigenvalue weighted by Gasteiger charge is 2.26. The molecule has 0 saturated heterocycles. The number of nitrogens with two attached hydrogens (primary N) is 1. The Morgan fingerprint density at radius 1 is 1.53 bits per heavy atom. The van der Waals surface area contributed by atoms with E-state index < -0.39 is 19.0 Å². The summed E-state index contributed by atoms with van der Waals surface area (Å²) in [5, 5.41) is 4.08. The van der Waals surface area contributed by atoms with Crippen molar-refractivity contribution in [3.05, 3.63) is 22.4 Å². The number of amides is 1. The van der Waals surface area contributed by atoms with Crippen LogP contribution in [-0.4, -0.2) is 24.9 Å². The second-order valence-corrected chi connectivity index (χ2v) is 4.45. The van der Waals surface area contributed by atoms with Crippen LogP contribution in [0.1, 0.15) is 11.3 Å². The third-order valence-corrected chi connectivity index (χ3v) is 2.96. The highest BCUT2D eigenvalue weighted by molar-refractivity contribution is 7.09. The molecule has 1 heterocycles. The van der Waals surface area contributed by atoms with Gasteiger partial charge in [-0.3, -0.25) is 4.79 Å². The fourth-order valence-electron chi connectivity index (χ4n) is 1.08. The third kappa shape index (κ3) is 6.55. The number of carbonyl (C=O) groups is 1. The van der Waals surface area contributed by atoms with E-state index in [1.165, 1.54) is 0 Å². The van der Waals surface area contributed by atoms with Crippen molar-refractivity contribution in [3.8, 4) is 0 Å². The van der Waals surface area contributed by atoms with Gasteiger partial charge in [-0.25, -0.2) is 8.78 Å². The van der Waals surface area contributed by atoms with Crippen LogP contribution in [0.5, 0.6) is 0 Å². The summed E-state index contributed by atoms with van der Waals surface area (Å²) in [5.74, 6) is -3.39. The SMILES string of the molecule is Cl.NCC(F)(F)CNC(=O)CCc1cccs1. The summed E-state index contributed by atoms with van der Waals surface area (Å²) < 4.78 is 25.4. The average molecular weight is 285 g/mol. The second-order valence-electron chi connectivity index (χ2n) is 3.42. The van der Waals surface area contributed by atoms with E-state index in [9.17, 15) is 13.6 Å². The van der Waals surface area contributed by atoms with Crippen LogP contribution in [0.4, 0.5) is 8.78 Å². The normalized spacial score (nSPS) is 10.8. The first kappa shape index (κ1) is 16.3. The summed E-state index contributed by atoms with van der Waals surface area (Å²) in [7, 11) is 0. The third-order valence-electron chi connectivity index (χ3n) is 2.02. The quantitative estimate of drug-likeness (QED) is 0.837. The van der Waals surface area contributed by atoms with E-state index in [0.29, 0.717) is 6.42 Å². The minimum Gasteiger partial charge on any atom is -0.350 e. The van der Waals surface area contributed by atoms with Gasteiger partial charge in [0, 0.05) is 11.3 Å². The number of carbonyl (C=O) groups excluding carboxylic acids is 1. The van der Waals surface area contributed by atoms with E-state index in [0.717, 1.165) is 4.88 Å². The Morgan fingerprint density at radius 2 is 2.24 bits per heavy atom. The van der Waals surface area contributed by atoms with E-state index in [4.69, 9.17) is 5.73 Å². The van der Waals surface area contributed by atoms with Gasteiger partial charge in [0.1, 0.15) is 0 Å². The summed E-state index contributed by atoms with van der Waals surface area (Å²) in [6.45, 7) is -1.44. The van der Waals surface area contributed by atoms with Gasteiger partial charge in [0.15, 0.2) is 0 Å². The molecule has 0 aliphatic carbocycles. The smallest absolute Gasteiger partial charge is 0.277 e. The van der Waals surface area contributed by atoms with Crippen LogP contribution >= 0.6 is 23.7 Å². The van der Waals surface area contributed by atoms with Crippen LogP contribution in [0.15, 0.2) is 17.5 Å². The van der Waals surface area contributed by atoms with Gasteiger partial charge in [0.25, 0.3) is 5.92 Å². The fraction of sp³-hybridized carbons (Fsp3) is 0.500. The molecule has 1 amide bonds. The minimum absolute atomic E-state index is 0. The molecule has 0 aliphatic heterocycles. The summed E-state index contributed by atoms with van der Waals surface area (Å²) in [6.07, 6.45) is 0.804. The lowest BCUT2D eigenvalue weighted by atomic mass is 10.2. The van der Waals surface area contributed by atoms with Crippen molar-refractivity contribution in [3.63, 3.8) is 0 Å². The van der Waals surface area contributed by atoms with E-state index in [1.54, 1.807) is 11.3 Å². The van der Waals surface area contributed by atoms with Gasteiger partial charge in [-0.2, -0.15) is 0 Å². The first-order valence-electron chi connectivity index (χ1n) is 4.90. The molecule has 1 aromatic heterocycles. The zero-order valence-corrected chi connectivity index (χ0v) is 10.8. The first-order valence-corrected chi connectivity index (χ1v) is 5.78. The number of hydrogen-bond donors (Lipinski definition) is 2. The zero-order chi connectivity index (χ0) is 12.0. The van der Waals surface area contributed by atoms with Crippen molar-refractivity contribution in [2.75, 3.05) is 13.1 Å². The number of aryl methyl sites for hydroxylation is 1. The van der Waals surface area contributed by atoms with Crippen LogP contribution in [0.25, 0.3) is 0 Å². The van der Waals surface area contributed by atoms with E-state index in [1.807, 2.05) is 17.5 Å². The number of alkyl halides is 2. The number of halogens is 3. The maximum Gasteiger partial charge on any atom is 0.277 e. The number of rotatable bonds is 6. The summed E-state index contributed by atoms with van der Waals surface area (Å²) in [4.78, 5) is 12.3. The van der Waals surface area contributed by atoms with Crippen molar-refractivity contribution < 1.29 is 13.6 Å². The van der Waals surface area contributed by atoms with Crippen LogP contribution < -0.4 is 11.1 Å². The first-order chi connectivity index (χ1) is 7.53. The van der Waals surface area contributed by atoms with Crippen molar-refractivity contribution in [2.45, 2.75) is 18.8 Å².